The van der Waals surface area contributed by atoms with Crippen molar-refractivity contribution in [3.05, 3.63) is 30.3 Å². The maximum absolute atomic E-state index is 11.3. The molecule has 1 atom stereocenters. The molecule has 4 nitrogen and oxygen atoms in total. The third-order valence-electron chi connectivity index (χ3n) is 3.96. The molecule has 1 aliphatic heterocycles. The normalized spacial score (nSPS) is 20.4. The van der Waals surface area contributed by atoms with Crippen LogP contribution in [0.4, 0.5) is 5.69 Å². The lowest BCUT2D eigenvalue weighted by Crippen LogP contribution is -2.47. The molecule has 0 amide bonds. The SMILES string of the molecule is CN(CCS(C)(=O)=O)[C@@H]1CCCN(c2ccccc2)C1. The zero-order valence-corrected chi connectivity index (χ0v) is 13.1. The summed E-state index contributed by atoms with van der Waals surface area (Å²) in [6, 6.07) is 10.9. The van der Waals surface area contributed by atoms with E-state index in [-0.39, 0.29) is 5.75 Å². The minimum Gasteiger partial charge on any atom is -0.370 e. The standard InChI is InChI=1S/C15H24N2O2S/c1-16(11-12-20(2,18)19)15-9-6-10-17(13-15)14-7-4-3-5-8-14/h3-5,7-8,15H,6,9-13H2,1-2H3/t15-/m1/s1. The highest BCUT2D eigenvalue weighted by Crippen LogP contribution is 2.21. The molecule has 20 heavy (non-hydrogen) atoms. The highest BCUT2D eigenvalue weighted by Gasteiger charge is 2.23. The molecule has 0 bridgehead atoms. The topological polar surface area (TPSA) is 40.6 Å². The van der Waals surface area contributed by atoms with Gasteiger partial charge in [-0.05, 0) is 32.0 Å². The van der Waals surface area contributed by atoms with E-state index in [9.17, 15) is 8.42 Å². The summed E-state index contributed by atoms with van der Waals surface area (Å²) in [6.45, 7) is 2.68. The van der Waals surface area contributed by atoms with Crippen LogP contribution in [-0.4, -0.2) is 58.1 Å². The summed E-state index contributed by atoms with van der Waals surface area (Å²) < 4.78 is 22.5. The van der Waals surface area contributed by atoms with E-state index in [4.69, 9.17) is 0 Å². The first-order valence-electron chi connectivity index (χ1n) is 7.14. The average molecular weight is 296 g/mol. The lowest BCUT2D eigenvalue weighted by atomic mass is 10.0. The van der Waals surface area contributed by atoms with E-state index < -0.39 is 9.84 Å². The Labute approximate surface area is 122 Å². The molecule has 1 fully saturated rings. The zero-order chi connectivity index (χ0) is 14.6. The fourth-order valence-electron chi connectivity index (χ4n) is 2.68. The Morgan fingerprint density at radius 3 is 2.65 bits per heavy atom. The first-order chi connectivity index (χ1) is 9.46. The molecule has 1 saturated heterocycles. The van der Waals surface area contributed by atoms with E-state index in [0.29, 0.717) is 12.6 Å². The summed E-state index contributed by atoms with van der Waals surface area (Å²) in [6.07, 6.45) is 3.60. The summed E-state index contributed by atoms with van der Waals surface area (Å²) in [7, 11) is -0.847. The highest BCUT2D eigenvalue weighted by molar-refractivity contribution is 7.90. The summed E-state index contributed by atoms with van der Waals surface area (Å²) >= 11 is 0. The molecule has 1 heterocycles. The van der Waals surface area contributed by atoms with Gasteiger partial charge in [0.2, 0.25) is 0 Å². The zero-order valence-electron chi connectivity index (χ0n) is 12.3. The van der Waals surface area contributed by atoms with Gasteiger partial charge in [-0.3, -0.25) is 0 Å². The van der Waals surface area contributed by atoms with Gasteiger partial charge >= 0.3 is 0 Å². The molecule has 0 spiro atoms. The van der Waals surface area contributed by atoms with Crippen molar-refractivity contribution in [3.8, 4) is 0 Å². The summed E-state index contributed by atoms with van der Waals surface area (Å²) in [5.41, 5.74) is 1.26. The van der Waals surface area contributed by atoms with Crippen molar-refractivity contribution >= 4 is 15.5 Å². The van der Waals surface area contributed by atoms with E-state index in [1.165, 1.54) is 11.9 Å². The summed E-state index contributed by atoms with van der Waals surface area (Å²) in [4.78, 5) is 4.58. The number of hydrogen-bond donors (Lipinski definition) is 0. The minimum absolute atomic E-state index is 0.241. The van der Waals surface area contributed by atoms with Crippen LogP contribution in [0.15, 0.2) is 30.3 Å². The van der Waals surface area contributed by atoms with Crippen molar-refractivity contribution in [1.29, 1.82) is 0 Å². The van der Waals surface area contributed by atoms with E-state index >= 15 is 0 Å². The molecule has 112 valence electrons. The molecule has 1 aromatic carbocycles. The molecular formula is C15H24N2O2S. The van der Waals surface area contributed by atoms with Gasteiger partial charge < -0.3 is 9.80 Å². The van der Waals surface area contributed by atoms with Crippen molar-refractivity contribution in [1.82, 2.24) is 4.90 Å². The molecule has 0 aromatic heterocycles. The average Bonchev–Trinajstić information content (AvgIpc) is 2.45. The number of rotatable bonds is 5. The van der Waals surface area contributed by atoms with Gasteiger partial charge in [-0.15, -0.1) is 0 Å². The summed E-state index contributed by atoms with van der Waals surface area (Å²) in [5.74, 6) is 0.241. The number of piperidine rings is 1. The molecule has 0 unspecified atom stereocenters. The van der Waals surface area contributed by atoms with Crippen LogP contribution >= 0.6 is 0 Å². The Bertz CT molecular complexity index is 516. The van der Waals surface area contributed by atoms with Crippen molar-refractivity contribution in [3.63, 3.8) is 0 Å². The van der Waals surface area contributed by atoms with Gasteiger partial charge in [0.25, 0.3) is 0 Å². The van der Waals surface area contributed by atoms with Gasteiger partial charge in [0.15, 0.2) is 0 Å². The van der Waals surface area contributed by atoms with E-state index in [0.717, 1.165) is 25.9 Å². The smallest absolute Gasteiger partial charge is 0.148 e. The molecule has 5 heteroatoms. The number of anilines is 1. The maximum atomic E-state index is 11.3. The molecule has 2 rings (SSSR count). The second-order valence-corrected chi connectivity index (χ2v) is 7.95. The van der Waals surface area contributed by atoms with Crippen LogP contribution in [0.5, 0.6) is 0 Å². The van der Waals surface area contributed by atoms with Crippen LogP contribution in [-0.2, 0) is 9.84 Å². The van der Waals surface area contributed by atoms with Crippen LogP contribution in [0, 0.1) is 0 Å². The van der Waals surface area contributed by atoms with E-state index in [2.05, 4.69) is 34.1 Å². The number of hydrogen-bond acceptors (Lipinski definition) is 4. The third kappa shape index (κ3) is 4.49. The lowest BCUT2D eigenvalue weighted by Gasteiger charge is -2.38. The van der Waals surface area contributed by atoms with Crippen molar-refractivity contribution in [2.45, 2.75) is 18.9 Å². The van der Waals surface area contributed by atoms with E-state index in [1.54, 1.807) is 0 Å². The molecule has 0 radical (unpaired) electrons. The molecular weight excluding hydrogens is 272 g/mol. The van der Waals surface area contributed by atoms with Crippen LogP contribution < -0.4 is 4.90 Å². The predicted octanol–water partition coefficient (Wildman–Crippen LogP) is 1.63. The summed E-state index contributed by atoms with van der Waals surface area (Å²) in [5, 5.41) is 0. The predicted molar refractivity (Wildman–Crippen MR) is 84.0 cm³/mol. The lowest BCUT2D eigenvalue weighted by molar-refractivity contribution is 0.226. The monoisotopic (exact) mass is 296 g/mol. The molecule has 0 N–H and O–H groups in total. The Balaban J connectivity index is 1.93. The van der Waals surface area contributed by atoms with Crippen molar-refractivity contribution in [2.75, 3.05) is 43.6 Å². The van der Waals surface area contributed by atoms with E-state index in [1.807, 2.05) is 13.1 Å². The Kier molecular flexibility index (Phi) is 5.05. The highest BCUT2D eigenvalue weighted by atomic mass is 32.2. The first kappa shape index (κ1) is 15.3. The number of likely N-dealkylation sites (N-methyl/N-ethyl adjacent to an activating group) is 1. The Morgan fingerprint density at radius 2 is 2.00 bits per heavy atom. The second-order valence-electron chi connectivity index (χ2n) is 5.69. The fourth-order valence-corrected chi connectivity index (χ4v) is 3.30. The third-order valence-corrected chi connectivity index (χ3v) is 4.88. The number of benzene rings is 1. The number of nitrogens with zero attached hydrogens (tertiary/aromatic N) is 2. The van der Waals surface area contributed by atoms with Crippen LogP contribution in [0.1, 0.15) is 12.8 Å². The van der Waals surface area contributed by atoms with Gasteiger partial charge in [0, 0.05) is 37.6 Å². The quantitative estimate of drug-likeness (QED) is 0.828. The van der Waals surface area contributed by atoms with Gasteiger partial charge in [-0.25, -0.2) is 8.42 Å². The number of para-hydroxylation sites is 1. The second kappa shape index (κ2) is 6.59. The van der Waals surface area contributed by atoms with Crippen LogP contribution in [0.3, 0.4) is 0 Å². The Hall–Kier alpha value is -1.07. The van der Waals surface area contributed by atoms with Crippen LogP contribution in [0.2, 0.25) is 0 Å². The van der Waals surface area contributed by atoms with Gasteiger partial charge in [-0.2, -0.15) is 0 Å². The largest absolute Gasteiger partial charge is 0.370 e. The minimum atomic E-state index is -2.88. The molecule has 1 aromatic rings. The first-order valence-corrected chi connectivity index (χ1v) is 9.20. The Morgan fingerprint density at radius 1 is 1.30 bits per heavy atom. The molecule has 0 saturated carbocycles. The van der Waals surface area contributed by atoms with Gasteiger partial charge in [0.05, 0.1) is 5.75 Å². The van der Waals surface area contributed by atoms with Gasteiger partial charge in [-0.1, -0.05) is 18.2 Å². The maximum Gasteiger partial charge on any atom is 0.148 e. The molecule has 0 aliphatic carbocycles. The van der Waals surface area contributed by atoms with Crippen molar-refractivity contribution in [2.24, 2.45) is 0 Å². The van der Waals surface area contributed by atoms with Crippen molar-refractivity contribution < 1.29 is 8.42 Å². The molecule has 1 aliphatic rings. The van der Waals surface area contributed by atoms with Crippen LogP contribution in [0.25, 0.3) is 0 Å². The fraction of sp³-hybridized carbons (Fsp3) is 0.600. The van der Waals surface area contributed by atoms with Gasteiger partial charge in [0.1, 0.15) is 9.84 Å². The number of sulfone groups is 1.